The van der Waals surface area contributed by atoms with E-state index in [1.54, 1.807) is 7.11 Å². The van der Waals surface area contributed by atoms with Crippen LogP contribution < -0.4 is 10.1 Å². The van der Waals surface area contributed by atoms with Gasteiger partial charge in [-0.05, 0) is 37.0 Å². The van der Waals surface area contributed by atoms with Crippen molar-refractivity contribution in [2.75, 3.05) is 26.7 Å². The number of hydrogen-bond acceptors (Lipinski definition) is 3. The molecule has 6 nitrogen and oxygen atoms in total. The fourth-order valence-electron chi connectivity index (χ4n) is 3.77. The van der Waals surface area contributed by atoms with Crippen molar-refractivity contribution in [1.82, 2.24) is 15.1 Å². The molecule has 1 N–H and O–H groups in total. The van der Waals surface area contributed by atoms with E-state index in [9.17, 15) is 9.59 Å². The van der Waals surface area contributed by atoms with Gasteiger partial charge in [0.05, 0.1) is 13.0 Å². The predicted molar refractivity (Wildman–Crippen MR) is 95.3 cm³/mol. The Morgan fingerprint density at radius 3 is 2.68 bits per heavy atom. The van der Waals surface area contributed by atoms with Gasteiger partial charge in [0.15, 0.2) is 0 Å². The molecule has 1 aromatic rings. The third-order valence-electron chi connectivity index (χ3n) is 5.15. The van der Waals surface area contributed by atoms with Crippen LogP contribution in [0.15, 0.2) is 24.3 Å². The highest BCUT2D eigenvalue weighted by Gasteiger charge is 2.41. The van der Waals surface area contributed by atoms with E-state index in [0.717, 1.165) is 37.1 Å². The number of nitrogens with one attached hydrogen (secondary N) is 1. The molecule has 3 aliphatic heterocycles. The summed E-state index contributed by atoms with van der Waals surface area (Å²) < 4.78 is 5.14. The van der Waals surface area contributed by atoms with Crippen LogP contribution in [0, 0.1) is 5.92 Å². The lowest BCUT2D eigenvalue weighted by molar-refractivity contribution is -0.139. The maximum Gasteiger partial charge on any atom is 0.317 e. The third kappa shape index (κ3) is 3.89. The van der Waals surface area contributed by atoms with Gasteiger partial charge in [0.1, 0.15) is 5.75 Å². The summed E-state index contributed by atoms with van der Waals surface area (Å²) in [6, 6.07) is 7.73. The summed E-state index contributed by atoms with van der Waals surface area (Å²) in [6.07, 6.45) is 2.85. The molecular weight excluding hydrogens is 318 g/mol. The second-order valence-electron chi connectivity index (χ2n) is 6.87. The van der Waals surface area contributed by atoms with Gasteiger partial charge in [0, 0.05) is 32.2 Å². The topological polar surface area (TPSA) is 61.9 Å². The Balaban J connectivity index is 1.59. The molecule has 0 aromatic heterocycles. The number of piperidine rings is 1. The number of ether oxygens (including phenoxy) is 1. The normalized spacial score (nSPS) is 22.7. The summed E-state index contributed by atoms with van der Waals surface area (Å²) in [5, 5.41) is 2.98. The SMILES string of the molecule is CCCN1C(=O)C2CCC1CN(C(=O)NCc1ccc(OC)cc1)C2. The minimum absolute atomic E-state index is 0.0444. The van der Waals surface area contributed by atoms with E-state index in [-0.39, 0.29) is 23.9 Å². The van der Waals surface area contributed by atoms with E-state index >= 15 is 0 Å². The number of amides is 3. The molecular formula is C19H27N3O3. The zero-order chi connectivity index (χ0) is 17.8. The Kier molecular flexibility index (Phi) is 5.46. The van der Waals surface area contributed by atoms with Gasteiger partial charge < -0.3 is 19.9 Å². The zero-order valence-electron chi connectivity index (χ0n) is 15.0. The number of hydrogen-bond donors (Lipinski definition) is 1. The van der Waals surface area contributed by atoms with E-state index in [1.807, 2.05) is 34.1 Å². The first-order valence-corrected chi connectivity index (χ1v) is 9.08. The van der Waals surface area contributed by atoms with Crippen LogP contribution >= 0.6 is 0 Å². The van der Waals surface area contributed by atoms with Gasteiger partial charge in [0.25, 0.3) is 0 Å². The molecule has 2 atom stereocenters. The van der Waals surface area contributed by atoms with Crippen molar-refractivity contribution in [1.29, 1.82) is 0 Å². The lowest BCUT2D eigenvalue weighted by Crippen LogP contribution is -2.48. The largest absolute Gasteiger partial charge is 0.497 e. The average Bonchev–Trinajstić information content (AvgIpc) is 2.93. The van der Waals surface area contributed by atoms with Crippen molar-refractivity contribution >= 4 is 11.9 Å². The number of carbonyl (C=O) groups is 2. The summed E-state index contributed by atoms with van der Waals surface area (Å²) in [4.78, 5) is 29.0. The van der Waals surface area contributed by atoms with Crippen LogP contribution in [0.25, 0.3) is 0 Å². The molecule has 3 heterocycles. The van der Waals surface area contributed by atoms with Crippen molar-refractivity contribution in [2.24, 2.45) is 5.92 Å². The van der Waals surface area contributed by atoms with Crippen LogP contribution in [0.5, 0.6) is 5.75 Å². The molecule has 136 valence electrons. The third-order valence-corrected chi connectivity index (χ3v) is 5.15. The van der Waals surface area contributed by atoms with E-state index in [4.69, 9.17) is 4.74 Å². The number of benzene rings is 1. The molecule has 25 heavy (non-hydrogen) atoms. The Hall–Kier alpha value is -2.24. The number of nitrogens with zero attached hydrogens (tertiary/aromatic N) is 2. The second kappa shape index (κ2) is 7.76. The number of rotatable bonds is 5. The summed E-state index contributed by atoms with van der Waals surface area (Å²) in [5.41, 5.74) is 1.02. The molecule has 0 radical (unpaired) electrons. The number of fused-ring (bicyclic) bond motifs is 4. The summed E-state index contributed by atoms with van der Waals surface area (Å²) in [6.45, 7) is 4.52. The van der Waals surface area contributed by atoms with Crippen LogP contribution in [0.2, 0.25) is 0 Å². The predicted octanol–water partition coefficient (Wildman–Crippen LogP) is 2.24. The van der Waals surface area contributed by atoms with Crippen molar-refractivity contribution in [3.05, 3.63) is 29.8 Å². The van der Waals surface area contributed by atoms with Crippen LogP contribution in [-0.2, 0) is 11.3 Å². The summed E-state index contributed by atoms with van der Waals surface area (Å²) in [5.74, 6) is 0.981. The van der Waals surface area contributed by atoms with Crippen LogP contribution in [0.1, 0.15) is 31.7 Å². The van der Waals surface area contributed by atoms with Gasteiger partial charge >= 0.3 is 6.03 Å². The lowest BCUT2D eigenvalue weighted by atomic mass is 9.94. The highest BCUT2D eigenvalue weighted by Crippen LogP contribution is 2.29. The first-order valence-electron chi connectivity index (χ1n) is 9.08. The molecule has 2 unspecified atom stereocenters. The van der Waals surface area contributed by atoms with Gasteiger partial charge in [0.2, 0.25) is 5.91 Å². The molecule has 6 heteroatoms. The molecule has 1 aromatic carbocycles. The first-order chi connectivity index (χ1) is 12.1. The van der Waals surface area contributed by atoms with E-state index in [0.29, 0.717) is 19.6 Å². The van der Waals surface area contributed by atoms with Gasteiger partial charge in [-0.3, -0.25) is 4.79 Å². The Morgan fingerprint density at radius 2 is 2.00 bits per heavy atom. The van der Waals surface area contributed by atoms with Crippen molar-refractivity contribution < 1.29 is 14.3 Å². The van der Waals surface area contributed by atoms with Gasteiger partial charge in [-0.25, -0.2) is 4.79 Å². The summed E-state index contributed by atoms with van der Waals surface area (Å²) in [7, 11) is 1.63. The van der Waals surface area contributed by atoms with Crippen molar-refractivity contribution in [2.45, 2.75) is 38.8 Å². The molecule has 3 aliphatic rings. The molecule has 0 spiro atoms. The molecule has 4 rings (SSSR count). The number of urea groups is 1. The standard InChI is InChI=1S/C19H27N3O3/c1-3-10-22-16-7-6-15(18(22)23)12-21(13-16)19(24)20-11-14-4-8-17(25-2)9-5-14/h4-5,8-9,15-16H,3,6-7,10-13H2,1-2H3,(H,20,24). The van der Waals surface area contributed by atoms with Gasteiger partial charge in [-0.1, -0.05) is 19.1 Å². The van der Waals surface area contributed by atoms with Crippen molar-refractivity contribution in [3.63, 3.8) is 0 Å². The maximum atomic E-state index is 12.6. The molecule has 0 saturated carbocycles. The number of carbonyl (C=O) groups excluding carboxylic acids is 2. The molecule has 3 saturated heterocycles. The fourth-order valence-corrected chi connectivity index (χ4v) is 3.77. The van der Waals surface area contributed by atoms with Crippen LogP contribution in [-0.4, -0.2) is 54.5 Å². The van der Waals surface area contributed by atoms with Gasteiger partial charge in [-0.2, -0.15) is 0 Å². The Morgan fingerprint density at radius 1 is 1.24 bits per heavy atom. The minimum Gasteiger partial charge on any atom is -0.497 e. The smallest absolute Gasteiger partial charge is 0.317 e. The Bertz CT molecular complexity index is 617. The first kappa shape index (κ1) is 17.6. The quantitative estimate of drug-likeness (QED) is 0.890. The van der Waals surface area contributed by atoms with Crippen LogP contribution in [0.4, 0.5) is 4.79 Å². The molecule has 0 aliphatic carbocycles. The van der Waals surface area contributed by atoms with E-state index in [1.165, 1.54) is 0 Å². The molecule has 3 fully saturated rings. The molecule has 3 amide bonds. The average molecular weight is 345 g/mol. The van der Waals surface area contributed by atoms with E-state index in [2.05, 4.69) is 12.2 Å². The lowest BCUT2D eigenvalue weighted by Gasteiger charge is -2.35. The van der Waals surface area contributed by atoms with E-state index < -0.39 is 0 Å². The van der Waals surface area contributed by atoms with Crippen LogP contribution in [0.3, 0.4) is 0 Å². The maximum absolute atomic E-state index is 12.6. The monoisotopic (exact) mass is 345 g/mol. The highest BCUT2D eigenvalue weighted by atomic mass is 16.5. The minimum atomic E-state index is -0.0844. The van der Waals surface area contributed by atoms with Gasteiger partial charge in [-0.15, -0.1) is 0 Å². The second-order valence-corrected chi connectivity index (χ2v) is 6.87. The zero-order valence-corrected chi connectivity index (χ0v) is 15.0. The molecule has 2 bridgehead atoms. The van der Waals surface area contributed by atoms with Crippen molar-refractivity contribution in [3.8, 4) is 5.75 Å². The fraction of sp³-hybridized carbons (Fsp3) is 0.579. The Labute approximate surface area is 149 Å². The number of methoxy groups -OCH3 is 1. The summed E-state index contributed by atoms with van der Waals surface area (Å²) >= 11 is 0. The highest BCUT2D eigenvalue weighted by molar-refractivity contribution is 5.82.